The zero-order chi connectivity index (χ0) is 18.0. The van der Waals surface area contributed by atoms with Crippen molar-refractivity contribution >= 4 is 16.9 Å². The molecule has 4 rings (SSSR count). The van der Waals surface area contributed by atoms with Gasteiger partial charge in [-0.3, -0.25) is 4.90 Å². The summed E-state index contributed by atoms with van der Waals surface area (Å²) in [6.45, 7) is 8.79. The summed E-state index contributed by atoms with van der Waals surface area (Å²) in [5.74, 6) is 0.818. The van der Waals surface area contributed by atoms with Crippen molar-refractivity contribution in [1.82, 2.24) is 24.6 Å². The van der Waals surface area contributed by atoms with Crippen LogP contribution in [0.2, 0.25) is 0 Å². The third kappa shape index (κ3) is 3.27. The highest BCUT2D eigenvalue weighted by molar-refractivity contribution is 5.87. The van der Waals surface area contributed by atoms with Crippen LogP contribution in [-0.2, 0) is 4.74 Å². The first kappa shape index (κ1) is 16.9. The van der Waals surface area contributed by atoms with Gasteiger partial charge in [0.2, 0.25) is 0 Å². The molecule has 1 aromatic carbocycles. The van der Waals surface area contributed by atoms with E-state index in [9.17, 15) is 0 Å². The molecule has 1 saturated heterocycles. The SMILES string of the molecule is CC(C)(CNc1ncnc2c1cnn2-c1ccccc1)N1CCOCC1. The van der Waals surface area contributed by atoms with Crippen molar-refractivity contribution < 1.29 is 4.74 Å². The second kappa shape index (κ2) is 7.01. The monoisotopic (exact) mass is 352 g/mol. The van der Waals surface area contributed by atoms with Gasteiger partial charge in [0.1, 0.15) is 12.1 Å². The van der Waals surface area contributed by atoms with Gasteiger partial charge in [-0.15, -0.1) is 0 Å². The van der Waals surface area contributed by atoms with Crippen LogP contribution < -0.4 is 5.32 Å². The van der Waals surface area contributed by atoms with Crippen LogP contribution in [0.15, 0.2) is 42.9 Å². The van der Waals surface area contributed by atoms with Crippen LogP contribution in [0.3, 0.4) is 0 Å². The van der Waals surface area contributed by atoms with Crippen LogP contribution in [0.25, 0.3) is 16.7 Å². The molecule has 7 nitrogen and oxygen atoms in total. The number of anilines is 1. The number of ether oxygens (including phenoxy) is 1. The zero-order valence-electron chi connectivity index (χ0n) is 15.2. The number of fused-ring (bicyclic) bond motifs is 1. The van der Waals surface area contributed by atoms with Crippen LogP contribution in [0, 0.1) is 0 Å². The van der Waals surface area contributed by atoms with Gasteiger partial charge in [0.25, 0.3) is 0 Å². The van der Waals surface area contributed by atoms with Gasteiger partial charge in [-0.2, -0.15) is 5.10 Å². The molecule has 136 valence electrons. The number of benzene rings is 1. The molecule has 0 amide bonds. The van der Waals surface area contributed by atoms with Crippen molar-refractivity contribution in [2.45, 2.75) is 19.4 Å². The molecule has 0 spiro atoms. The maximum absolute atomic E-state index is 5.47. The number of morpholine rings is 1. The lowest BCUT2D eigenvalue weighted by molar-refractivity contribution is -0.00569. The Balaban J connectivity index is 1.57. The predicted molar refractivity (Wildman–Crippen MR) is 102 cm³/mol. The molecule has 1 aliphatic rings. The maximum Gasteiger partial charge on any atom is 0.168 e. The van der Waals surface area contributed by atoms with Crippen LogP contribution in [0.1, 0.15) is 13.8 Å². The van der Waals surface area contributed by atoms with Gasteiger partial charge < -0.3 is 10.1 Å². The third-order valence-electron chi connectivity index (χ3n) is 4.92. The average Bonchev–Trinajstić information content (AvgIpc) is 3.12. The number of rotatable bonds is 5. The molecular weight excluding hydrogens is 328 g/mol. The standard InChI is InChI=1S/C19H24N6O/c1-19(2,24-8-10-26-11-9-24)13-20-17-16-12-23-25(18(16)22-14-21-17)15-6-4-3-5-7-15/h3-7,12,14H,8-11,13H2,1-2H3,(H,20,21,22). The fraction of sp³-hybridized carbons (Fsp3) is 0.421. The summed E-state index contributed by atoms with van der Waals surface area (Å²) in [4.78, 5) is 11.3. The van der Waals surface area contributed by atoms with Gasteiger partial charge >= 0.3 is 0 Å². The summed E-state index contributed by atoms with van der Waals surface area (Å²) in [7, 11) is 0. The van der Waals surface area contributed by atoms with E-state index < -0.39 is 0 Å². The molecule has 1 fully saturated rings. The molecule has 0 unspecified atom stereocenters. The number of hydrogen-bond acceptors (Lipinski definition) is 6. The molecule has 0 bridgehead atoms. The Labute approximate surface area is 153 Å². The minimum absolute atomic E-state index is 0.0104. The molecule has 2 aromatic heterocycles. The van der Waals surface area contributed by atoms with E-state index in [-0.39, 0.29) is 5.54 Å². The summed E-state index contributed by atoms with van der Waals surface area (Å²) in [6, 6.07) is 10.0. The van der Waals surface area contributed by atoms with E-state index in [1.54, 1.807) is 6.33 Å². The molecule has 7 heteroatoms. The second-order valence-electron chi connectivity index (χ2n) is 7.12. The van der Waals surface area contributed by atoms with E-state index in [0.717, 1.165) is 55.4 Å². The number of nitrogens with zero attached hydrogens (tertiary/aromatic N) is 5. The average molecular weight is 352 g/mol. The van der Waals surface area contributed by atoms with Crippen LogP contribution in [0.4, 0.5) is 5.82 Å². The lowest BCUT2D eigenvalue weighted by Gasteiger charge is -2.41. The van der Waals surface area contributed by atoms with Gasteiger partial charge in [-0.25, -0.2) is 14.6 Å². The van der Waals surface area contributed by atoms with Crippen molar-refractivity contribution in [2.75, 3.05) is 38.2 Å². The lowest BCUT2D eigenvalue weighted by atomic mass is 10.0. The van der Waals surface area contributed by atoms with Crippen LogP contribution in [0.5, 0.6) is 0 Å². The molecule has 0 aliphatic carbocycles. The molecule has 3 heterocycles. The minimum atomic E-state index is 0.0104. The summed E-state index contributed by atoms with van der Waals surface area (Å²) >= 11 is 0. The van der Waals surface area contributed by atoms with Crippen LogP contribution >= 0.6 is 0 Å². The molecule has 26 heavy (non-hydrogen) atoms. The first-order chi connectivity index (χ1) is 12.6. The summed E-state index contributed by atoms with van der Waals surface area (Å²) in [5, 5.41) is 8.94. The van der Waals surface area contributed by atoms with Crippen molar-refractivity contribution in [3.8, 4) is 5.69 Å². The van der Waals surface area contributed by atoms with E-state index in [4.69, 9.17) is 4.74 Å². The summed E-state index contributed by atoms with van der Waals surface area (Å²) in [6.07, 6.45) is 3.42. The smallest absolute Gasteiger partial charge is 0.168 e. The molecular formula is C19H24N6O. The first-order valence-electron chi connectivity index (χ1n) is 8.96. The second-order valence-corrected chi connectivity index (χ2v) is 7.12. The lowest BCUT2D eigenvalue weighted by Crippen LogP contribution is -2.53. The zero-order valence-corrected chi connectivity index (χ0v) is 15.2. The van der Waals surface area contributed by atoms with E-state index in [1.165, 1.54) is 0 Å². The van der Waals surface area contributed by atoms with E-state index in [1.807, 2.05) is 41.2 Å². The first-order valence-corrected chi connectivity index (χ1v) is 8.96. The third-order valence-corrected chi connectivity index (χ3v) is 4.92. The van der Waals surface area contributed by atoms with Gasteiger partial charge in [0.15, 0.2) is 5.65 Å². The Morgan fingerprint density at radius 3 is 2.65 bits per heavy atom. The number of nitrogens with one attached hydrogen (secondary N) is 1. The Morgan fingerprint density at radius 1 is 1.12 bits per heavy atom. The topological polar surface area (TPSA) is 68.1 Å². The minimum Gasteiger partial charge on any atom is -0.379 e. The fourth-order valence-corrected chi connectivity index (χ4v) is 3.32. The molecule has 0 atom stereocenters. The number of hydrogen-bond donors (Lipinski definition) is 1. The normalized spacial score (nSPS) is 16.1. The van der Waals surface area contributed by atoms with E-state index >= 15 is 0 Å². The Morgan fingerprint density at radius 2 is 1.88 bits per heavy atom. The van der Waals surface area contributed by atoms with Gasteiger partial charge in [-0.05, 0) is 26.0 Å². The van der Waals surface area contributed by atoms with Crippen molar-refractivity contribution in [3.63, 3.8) is 0 Å². The van der Waals surface area contributed by atoms with Crippen molar-refractivity contribution in [1.29, 1.82) is 0 Å². The quantitative estimate of drug-likeness (QED) is 0.760. The molecule has 0 radical (unpaired) electrons. The van der Waals surface area contributed by atoms with Gasteiger partial charge in [0.05, 0.1) is 30.5 Å². The number of para-hydroxylation sites is 1. The fourth-order valence-electron chi connectivity index (χ4n) is 3.32. The van der Waals surface area contributed by atoms with Crippen molar-refractivity contribution in [3.05, 3.63) is 42.9 Å². The Kier molecular flexibility index (Phi) is 4.57. The highest BCUT2D eigenvalue weighted by atomic mass is 16.5. The van der Waals surface area contributed by atoms with Gasteiger partial charge in [-0.1, -0.05) is 18.2 Å². The van der Waals surface area contributed by atoms with Crippen molar-refractivity contribution in [2.24, 2.45) is 0 Å². The number of aromatic nitrogens is 4. The largest absolute Gasteiger partial charge is 0.379 e. The Bertz CT molecular complexity index is 870. The van der Waals surface area contributed by atoms with Crippen LogP contribution in [-0.4, -0.2) is 63.0 Å². The van der Waals surface area contributed by atoms with Gasteiger partial charge in [0, 0.05) is 25.2 Å². The van der Waals surface area contributed by atoms with E-state index in [2.05, 4.69) is 39.1 Å². The molecule has 1 aliphatic heterocycles. The highest BCUT2D eigenvalue weighted by Crippen LogP contribution is 2.23. The molecule has 0 saturated carbocycles. The molecule has 1 N–H and O–H groups in total. The maximum atomic E-state index is 5.47. The molecule has 3 aromatic rings. The summed E-state index contributed by atoms with van der Waals surface area (Å²) in [5.41, 5.74) is 1.80. The predicted octanol–water partition coefficient (Wildman–Crippen LogP) is 2.34. The Hall–Kier alpha value is -2.51. The summed E-state index contributed by atoms with van der Waals surface area (Å²) < 4.78 is 7.31. The van der Waals surface area contributed by atoms with E-state index in [0.29, 0.717) is 0 Å². The highest BCUT2D eigenvalue weighted by Gasteiger charge is 2.28.